The van der Waals surface area contributed by atoms with Crippen LogP contribution in [0.4, 0.5) is 0 Å². The average Bonchev–Trinajstić information content (AvgIpc) is 3.15. The lowest BCUT2D eigenvalue weighted by molar-refractivity contribution is -0.161. The molecule has 2 unspecified atom stereocenters. The topological polar surface area (TPSA) is 112 Å². The standard InChI is InChI=1S/C45H78NO8P/c1-5-7-9-11-13-15-17-19-21-22-24-25-27-29-31-33-35-37-44(47)51-41-43(42-53-55(49,50)52-40-39-46(3)4)54-45(48)38-36-34-32-30-28-26-23-20-18-16-14-12-10-8-6-2/h13-16,19-21,23-25,29,31,43H,5-12,17-18,22,26-28,30,32-42H2,1-4H3,(H,49,50)/b15-13-,16-14-,21-19-,23-20-,25-24-,31-29-. The van der Waals surface area contributed by atoms with Crippen LogP contribution in [0.3, 0.4) is 0 Å². The fraction of sp³-hybridized carbons (Fsp3) is 0.689. The van der Waals surface area contributed by atoms with Gasteiger partial charge in [-0.1, -0.05) is 132 Å². The Morgan fingerprint density at radius 2 is 1.00 bits per heavy atom. The van der Waals surface area contributed by atoms with Gasteiger partial charge in [0.2, 0.25) is 0 Å². The number of hydrogen-bond donors (Lipinski definition) is 1. The molecule has 316 valence electrons. The summed E-state index contributed by atoms with van der Waals surface area (Å²) in [7, 11) is -0.751. The first-order chi connectivity index (χ1) is 26.7. The van der Waals surface area contributed by atoms with Gasteiger partial charge in [0.1, 0.15) is 6.61 Å². The van der Waals surface area contributed by atoms with E-state index >= 15 is 0 Å². The third-order valence-electron chi connectivity index (χ3n) is 8.49. The van der Waals surface area contributed by atoms with E-state index in [1.165, 1.54) is 51.4 Å². The highest BCUT2D eigenvalue weighted by Crippen LogP contribution is 2.43. The summed E-state index contributed by atoms with van der Waals surface area (Å²) in [6, 6.07) is 0. The zero-order valence-corrected chi connectivity index (χ0v) is 36.0. The minimum Gasteiger partial charge on any atom is -0.462 e. The van der Waals surface area contributed by atoms with Gasteiger partial charge < -0.3 is 19.3 Å². The molecule has 55 heavy (non-hydrogen) atoms. The van der Waals surface area contributed by atoms with E-state index in [1.54, 1.807) is 4.90 Å². The maximum absolute atomic E-state index is 12.6. The zero-order chi connectivity index (χ0) is 40.5. The van der Waals surface area contributed by atoms with Crippen molar-refractivity contribution in [1.82, 2.24) is 4.90 Å². The molecule has 0 aromatic heterocycles. The number of allylic oxidation sites excluding steroid dienone is 12. The van der Waals surface area contributed by atoms with Crippen molar-refractivity contribution in [1.29, 1.82) is 0 Å². The number of phosphoric ester groups is 1. The molecule has 0 radical (unpaired) electrons. The molecule has 0 spiro atoms. The van der Waals surface area contributed by atoms with E-state index in [1.807, 2.05) is 14.1 Å². The molecule has 9 nitrogen and oxygen atoms in total. The normalized spacial score (nSPS) is 14.1. The monoisotopic (exact) mass is 792 g/mol. The van der Waals surface area contributed by atoms with Crippen LogP contribution in [0.5, 0.6) is 0 Å². The molecular formula is C45H78NO8P. The van der Waals surface area contributed by atoms with Crippen molar-refractivity contribution < 1.29 is 37.6 Å². The van der Waals surface area contributed by atoms with Crippen LogP contribution in [0, 0.1) is 0 Å². The number of esters is 2. The fourth-order valence-corrected chi connectivity index (χ4v) is 5.92. The van der Waals surface area contributed by atoms with Gasteiger partial charge in [0, 0.05) is 19.4 Å². The van der Waals surface area contributed by atoms with Crippen LogP contribution in [0.1, 0.15) is 155 Å². The van der Waals surface area contributed by atoms with Gasteiger partial charge in [-0.15, -0.1) is 0 Å². The van der Waals surface area contributed by atoms with Crippen molar-refractivity contribution >= 4 is 19.8 Å². The Labute approximate surface area is 336 Å². The van der Waals surface area contributed by atoms with Crippen molar-refractivity contribution in [2.45, 2.75) is 161 Å². The van der Waals surface area contributed by atoms with Crippen LogP contribution < -0.4 is 0 Å². The molecule has 0 amide bonds. The average molecular weight is 792 g/mol. The molecule has 2 atom stereocenters. The number of carbonyl (C=O) groups excluding carboxylic acids is 2. The van der Waals surface area contributed by atoms with Gasteiger partial charge in [-0.05, 0) is 97.6 Å². The minimum atomic E-state index is -4.38. The molecule has 0 aliphatic carbocycles. The highest BCUT2D eigenvalue weighted by molar-refractivity contribution is 7.47. The lowest BCUT2D eigenvalue weighted by atomic mass is 10.1. The number of nitrogens with zero attached hydrogens (tertiary/aromatic N) is 1. The molecule has 0 bridgehead atoms. The summed E-state index contributed by atoms with van der Waals surface area (Å²) >= 11 is 0. The number of carbonyl (C=O) groups is 2. The van der Waals surface area contributed by atoms with Crippen LogP contribution in [-0.4, -0.2) is 68.3 Å². The molecule has 0 aliphatic heterocycles. The molecule has 0 saturated heterocycles. The maximum Gasteiger partial charge on any atom is 0.472 e. The molecule has 1 N–H and O–H groups in total. The third kappa shape index (κ3) is 40.9. The van der Waals surface area contributed by atoms with Crippen LogP contribution in [-0.2, 0) is 32.7 Å². The van der Waals surface area contributed by atoms with Crippen molar-refractivity contribution in [3.63, 3.8) is 0 Å². The van der Waals surface area contributed by atoms with Crippen LogP contribution in [0.25, 0.3) is 0 Å². The largest absolute Gasteiger partial charge is 0.472 e. The molecule has 0 aromatic carbocycles. The highest BCUT2D eigenvalue weighted by atomic mass is 31.2. The number of hydrogen-bond acceptors (Lipinski definition) is 8. The van der Waals surface area contributed by atoms with E-state index in [4.69, 9.17) is 18.5 Å². The van der Waals surface area contributed by atoms with Crippen molar-refractivity contribution in [3.8, 4) is 0 Å². The van der Waals surface area contributed by atoms with Gasteiger partial charge in [-0.3, -0.25) is 18.6 Å². The van der Waals surface area contributed by atoms with Gasteiger partial charge in [-0.25, -0.2) is 4.57 Å². The zero-order valence-electron chi connectivity index (χ0n) is 35.1. The van der Waals surface area contributed by atoms with Crippen LogP contribution in [0.15, 0.2) is 72.9 Å². The number of likely N-dealkylation sites (N-methyl/N-ethyl adjacent to an activating group) is 1. The van der Waals surface area contributed by atoms with E-state index in [0.29, 0.717) is 19.4 Å². The molecule has 0 heterocycles. The Morgan fingerprint density at radius 3 is 1.51 bits per heavy atom. The quantitative estimate of drug-likeness (QED) is 0.0283. The van der Waals surface area contributed by atoms with E-state index in [0.717, 1.165) is 64.2 Å². The molecule has 10 heteroatoms. The summed E-state index contributed by atoms with van der Waals surface area (Å²) < 4.78 is 33.4. The van der Waals surface area contributed by atoms with Crippen molar-refractivity contribution in [3.05, 3.63) is 72.9 Å². The maximum atomic E-state index is 12.6. The summed E-state index contributed by atoms with van der Waals surface area (Å²) in [5.74, 6) is -0.891. The lowest BCUT2D eigenvalue weighted by Gasteiger charge is -2.20. The van der Waals surface area contributed by atoms with Gasteiger partial charge >= 0.3 is 19.8 Å². The minimum absolute atomic E-state index is 0.00746. The van der Waals surface area contributed by atoms with Gasteiger partial charge in [0.25, 0.3) is 0 Å². The first-order valence-electron chi connectivity index (χ1n) is 21.2. The Balaban J connectivity index is 4.45. The van der Waals surface area contributed by atoms with E-state index < -0.39 is 32.5 Å². The molecule has 0 aromatic rings. The number of rotatable bonds is 38. The van der Waals surface area contributed by atoms with E-state index in [9.17, 15) is 19.0 Å². The van der Waals surface area contributed by atoms with Gasteiger partial charge in [-0.2, -0.15) is 0 Å². The molecular weight excluding hydrogens is 713 g/mol. The predicted octanol–water partition coefficient (Wildman–Crippen LogP) is 12.1. The van der Waals surface area contributed by atoms with Gasteiger partial charge in [0.15, 0.2) is 6.10 Å². The summed E-state index contributed by atoms with van der Waals surface area (Å²) in [5.41, 5.74) is 0. The second kappa shape index (κ2) is 39.7. The summed E-state index contributed by atoms with van der Waals surface area (Å²) in [5, 5.41) is 0. The lowest BCUT2D eigenvalue weighted by Crippen LogP contribution is -2.29. The summed E-state index contributed by atoms with van der Waals surface area (Å²) in [6.45, 7) is 4.17. The summed E-state index contributed by atoms with van der Waals surface area (Å²) in [4.78, 5) is 37.0. The summed E-state index contributed by atoms with van der Waals surface area (Å²) in [6.07, 6.45) is 46.6. The Kier molecular flexibility index (Phi) is 37.8. The SMILES string of the molecule is CCCCC/C=C\C/C=C\C/C=C\C/C=C\CCCC(=O)OCC(COP(=O)(O)OCCN(C)C)OC(=O)CCCCCCC/C=C\C/C=C\CCCCC. The van der Waals surface area contributed by atoms with Crippen LogP contribution >= 0.6 is 7.82 Å². The second-order valence-electron chi connectivity index (χ2n) is 14.2. The number of ether oxygens (including phenoxy) is 2. The predicted molar refractivity (Wildman–Crippen MR) is 229 cm³/mol. The van der Waals surface area contributed by atoms with E-state index in [2.05, 4.69) is 86.8 Å². The first kappa shape index (κ1) is 52.5. The molecule has 0 rings (SSSR count). The second-order valence-corrected chi connectivity index (χ2v) is 15.6. The first-order valence-corrected chi connectivity index (χ1v) is 22.7. The Hall–Kier alpha value is -2.55. The van der Waals surface area contributed by atoms with Crippen molar-refractivity contribution in [2.75, 3.05) is 40.5 Å². The third-order valence-corrected chi connectivity index (χ3v) is 9.47. The molecule has 0 saturated carbocycles. The molecule has 0 aliphatic rings. The van der Waals surface area contributed by atoms with E-state index in [-0.39, 0.29) is 26.1 Å². The number of unbranched alkanes of at least 4 members (excludes halogenated alkanes) is 12. The van der Waals surface area contributed by atoms with Crippen molar-refractivity contribution in [2.24, 2.45) is 0 Å². The number of phosphoric acid groups is 1. The Morgan fingerprint density at radius 1 is 0.564 bits per heavy atom. The molecule has 0 fully saturated rings. The Bertz CT molecular complexity index is 1140. The van der Waals surface area contributed by atoms with Gasteiger partial charge in [0.05, 0.1) is 13.2 Å². The fourth-order valence-electron chi connectivity index (χ4n) is 5.18. The highest BCUT2D eigenvalue weighted by Gasteiger charge is 2.26. The van der Waals surface area contributed by atoms with Crippen LogP contribution in [0.2, 0.25) is 0 Å². The smallest absolute Gasteiger partial charge is 0.462 e.